The van der Waals surface area contributed by atoms with Crippen LogP contribution in [0.3, 0.4) is 0 Å². The first-order valence-corrected chi connectivity index (χ1v) is 7.11. The van der Waals surface area contributed by atoms with E-state index in [1.165, 1.54) is 0 Å². The molecule has 0 aromatic heterocycles. The van der Waals surface area contributed by atoms with Crippen molar-refractivity contribution in [3.63, 3.8) is 0 Å². The average molecular weight is 293 g/mol. The Balaban J connectivity index is 3.03. The van der Waals surface area contributed by atoms with E-state index in [0.717, 1.165) is 4.47 Å². The van der Waals surface area contributed by atoms with Crippen LogP contribution < -0.4 is 5.30 Å². The molecule has 0 unspecified atom stereocenters. The number of hydrogen-bond donors (Lipinski definition) is 0. The Hall–Kier alpha value is -0.150. The van der Waals surface area contributed by atoms with Gasteiger partial charge in [-0.25, -0.2) is 0 Å². The van der Waals surface area contributed by atoms with Gasteiger partial charge < -0.3 is 9.05 Å². The Morgan fingerprint density at radius 1 is 1.27 bits per heavy atom. The molecule has 0 N–H and O–H groups in total. The van der Waals surface area contributed by atoms with E-state index < -0.39 is 7.60 Å². The number of rotatable bonds is 5. The summed E-state index contributed by atoms with van der Waals surface area (Å²) >= 11 is 3.32. The molecule has 1 aromatic carbocycles. The van der Waals surface area contributed by atoms with Gasteiger partial charge in [-0.15, -0.1) is 0 Å². The lowest BCUT2D eigenvalue weighted by Crippen LogP contribution is -2.10. The van der Waals surface area contributed by atoms with Crippen LogP contribution >= 0.6 is 23.5 Å². The fourth-order valence-electron chi connectivity index (χ4n) is 1.17. The Bertz CT molecular complexity index is 357. The maximum atomic E-state index is 12.3. The minimum absolute atomic E-state index is 0.365. The van der Waals surface area contributed by atoms with Crippen LogP contribution in [0.25, 0.3) is 0 Å². The van der Waals surface area contributed by atoms with E-state index in [9.17, 15) is 4.57 Å². The zero-order valence-corrected chi connectivity index (χ0v) is 11.3. The summed E-state index contributed by atoms with van der Waals surface area (Å²) in [5, 5.41) is 0.584. The van der Waals surface area contributed by atoms with Crippen LogP contribution in [0, 0.1) is 0 Å². The van der Waals surface area contributed by atoms with Gasteiger partial charge >= 0.3 is 7.60 Å². The first kappa shape index (κ1) is 12.9. The lowest BCUT2D eigenvalue weighted by atomic mass is 10.4. The van der Waals surface area contributed by atoms with Crippen molar-refractivity contribution in [2.24, 2.45) is 0 Å². The first-order valence-electron chi connectivity index (χ1n) is 4.77. The van der Waals surface area contributed by atoms with Gasteiger partial charge in [0.05, 0.1) is 18.5 Å². The summed E-state index contributed by atoms with van der Waals surface area (Å²) < 4.78 is 23.6. The molecule has 0 bridgehead atoms. The lowest BCUT2D eigenvalue weighted by molar-refractivity contribution is 0.230. The summed E-state index contributed by atoms with van der Waals surface area (Å²) in [5.41, 5.74) is 0. The van der Waals surface area contributed by atoms with Crippen LogP contribution in [-0.4, -0.2) is 13.2 Å². The Morgan fingerprint density at radius 2 is 1.87 bits per heavy atom. The van der Waals surface area contributed by atoms with E-state index in [1.54, 1.807) is 26.0 Å². The molecule has 3 nitrogen and oxygen atoms in total. The predicted octanol–water partition coefficient (Wildman–Crippen LogP) is 3.34. The second kappa shape index (κ2) is 5.80. The molecule has 15 heavy (non-hydrogen) atoms. The van der Waals surface area contributed by atoms with Crippen molar-refractivity contribution in [2.45, 2.75) is 13.8 Å². The molecule has 0 heterocycles. The van der Waals surface area contributed by atoms with Crippen LogP contribution in [0.15, 0.2) is 28.7 Å². The van der Waals surface area contributed by atoms with Gasteiger partial charge in [-0.3, -0.25) is 4.57 Å². The minimum Gasteiger partial charge on any atom is -0.305 e. The monoisotopic (exact) mass is 292 g/mol. The second-order valence-corrected chi connectivity index (χ2v) is 5.76. The van der Waals surface area contributed by atoms with E-state index in [-0.39, 0.29) is 0 Å². The molecule has 1 aromatic rings. The fraction of sp³-hybridized carbons (Fsp3) is 0.400. The SMILES string of the molecule is CCOP(=O)(OCC)c1cccc(Br)c1. The Labute approximate surface area is 98.4 Å². The molecule has 0 aliphatic carbocycles. The quantitative estimate of drug-likeness (QED) is 0.781. The maximum absolute atomic E-state index is 12.3. The highest BCUT2D eigenvalue weighted by Crippen LogP contribution is 2.46. The van der Waals surface area contributed by atoms with Gasteiger partial charge in [0.15, 0.2) is 0 Å². The van der Waals surface area contributed by atoms with E-state index >= 15 is 0 Å². The number of hydrogen-bond acceptors (Lipinski definition) is 3. The van der Waals surface area contributed by atoms with Crippen molar-refractivity contribution in [3.8, 4) is 0 Å². The van der Waals surface area contributed by atoms with Gasteiger partial charge in [0, 0.05) is 4.47 Å². The summed E-state index contributed by atoms with van der Waals surface area (Å²) in [7, 11) is -3.13. The van der Waals surface area contributed by atoms with Crippen molar-refractivity contribution in [1.82, 2.24) is 0 Å². The second-order valence-electron chi connectivity index (χ2n) is 2.81. The maximum Gasteiger partial charge on any atom is 0.361 e. The highest BCUT2D eigenvalue weighted by atomic mass is 79.9. The average Bonchev–Trinajstić information content (AvgIpc) is 2.18. The molecule has 0 aliphatic rings. The van der Waals surface area contributed by atoms with Crippen LogP contribution in [0.1, 0.15) is 13.8 Å². The molecule has 0 aliphatic heterocycles. The van der Waals surface area contributed by atoms with Crippen molar-refractivity contribution in [2.75, 3.05) is 13.2 Å². The zero-order chi connectivity index (χ0) is 11.3. The van der Waals surface area contributed by atoms with Gasteiger partial charge in [-0.1, -0.05) is 22.0 Å². The van der Waals surface area contributed by atoms with Crippen molar-refractivity contribution < 1.29 is 13.6 Å². The highest BCUT2D eigenvalue weighted by molar-refractivity contribution is 9.10. The standard InChI is InChI=1S/C10H14BrO3P/c1-3-13-15(12,14-4-2)10-7-5-6-9(11)8-10/h5-8H,3-4H2,1-2H3. The molecular weight excluding hydrogens is 279 g/mol. The molecule has 0 radical (unpaired) electrons. The number of halogens is 1. The van der Waals surface area contributed by atoms with Crippen molar-refractivity contribution in [1.29, 1.82) is 0 Å². The topological polar surface area (TPSA) is 35.5 Å². The zero-order valence-electron chi connectivity index (χ0n) is 8.77. The summed E-state index contributed by atoms with van der Waals surface area (Å²) in [4.78, 5) is 0. The van der Waals surface area contributed by atoms with Gasteiger partial charge in [0.1, 0.15) is 0 Å². The van der Waals surface area contributed by atoms with E-state index in [4.69, 9.17) is 9.05 Å². The molecule has 1 rings (SSSR count). The van der Waals surface area contributed by atoms with Gasteiger partial charge in [-0.05, 0) is 32.0 Å². The highest BCUT2D eigenvalue weighted by Gasteiger charge is 2.26. The molecule has 0 spiro atoms. The molecule has 0 atom stereocenters. The summed E-state index contributed by atoms with van der Waals surface area (Å²) in [6.45, 7) is 4.32. The van der Waals surface area contributed by atoms with Crippen molar-refractivity contribution in [3.05, 3.63) is 28.7 Å². The number of benzene rings is 1. The largest absolute Gasteiger partial charge is 0.361 e. The van der Waals surface area contributed by atoms with Gasteiger partial charge in [0.25, 0.3) is 0 Å². The predicted molar refractivity (Wildman–Crippen MR) is 64.6 cm³/mol. The Kier molecular flexibility index (Phi) is 5.00. The van der Waals surface area contributed by atoms with Crippen LogP contribution in [0.2, 0.25) is 0 Å². The summed E-state index contributed by atoms with van der Waals surface area (Å²) in [5.74, 6) is 0. The first-order chi connectivity index (χ1) is 7.12. The van der Waals surface area contributed by atoms with E-state index in [0.29, 0.717) is 18.5 Å². The third kappa shape index (κ3) is 3.42. The lowest BCUT2D eigenvalue weighted by Gasteiger charge is -2.17. The van der Waals surface area contributed by atoms with Crippen molar-refractivity contribution >= 4 is 28.8 Å². The normalized spacial score (nSPS) is 11.7. The third-order valence-corrected chi connectivity index (χ3v) is 4.32. The molecule has 0 saturated heterocycles. The molecule has 0 fully saturated rings. The summed E-state index contributed by atoms with van der Waals surface area (Å²) in [6, 6.07) is 7.18. The Morgan fingerprint density at radius 3 is 2.33 bits per heavy atom. The van der Waals surface area contributed by atoms with Gasteiger partial charge in [0.2, 0.25) is 0 Å². The molecule has 0 saturated carbocycles. The van der Waals surface area contributed by atoms with Crippen LogP contribution in [0.5, 0.6) is 0 Å². The molecule has 0 amide bonds. The van der Waals surface area contributed by atoms with Gasteiger partial charge in [-0.2, -0.15) is 0 Å². The molecular formula is C10H14BrO3P. The smallest absolute Gasteiger partial charge is 0.305 e. The molecule has 84 valence electrons. The van der Waals surface area contributed by atoms with Crippen LogP contribution in [-0.2, 0) is 13.6 Å². The van der Waals surface area contributed by atoms with E-state index in [2.05, 4.69) is 15.9 Å². The molecule has 5 heteroatoms. The van der Waals surface area contributed by atoms with Crippen LogP contribution in [0.4, 0.5) is 0 Å². The third-order valence-electron chi connectivity index (χ3n) is 1.72. The summed E-state index contributed by atoms with van der Waals surface area (Å²) in [6.07, 6.45) is 0. The fourth-order valence-corrected chi connectivity index (χ4v) is 3.37. The van der Waals surface area contributed by atoms with E-state index in [1.807, 2.05) is 12.1 Å². The minimum atomic E-state index is -3.13.